The summed E-state index contributed by atoms with van der Waals surface area (Å²) in [4.78, 5) is 2.16. The van der Waals surface area contributed by atoms with Crippen molar-refractivity contribution in [3.8, 4) is 0 Å². The van der Waals surface area contributed by atoms with E-state index >= 15 is 0 Å². The molecule has 0 aromatic heterocycles. The molecule has 0 aliphatic carbocycles. The van der Waals surface area contributed by atoms with Crippen LogP contribution in [0.5, 0.6) is 0 Å². The lowest BCUT2D eigenvalue weighted by Gasteiger charge is -2.20. The molecule has 0 amide bonds. The average molecular weight is 233 g/mol. The molecular weight excluding hydrogens is 210 g/mol. The highest BCUT2D eigenvalue weighted by Crippen LogP contribution is 2.14. The number of aryl methyl sites for hydroxylation is 1. The first-order valence-electron chi connectivity index (χ1n) is 6.17. The van der Waals surface area contributed by atoms with E-state index in [4.69, 9.17) is 0 Å². The first-order valence-corrected chi connectivity index (χ1v) is 6.17. The number of unbranched alkanes of at least 4 members (excludes halogenated alkanes) is 1. The molecule has 0 heterocycles. The van der Waals surface area contributed by atoms with Crippen molar-refractivity contribution in [2.45, 2.75) is 25.9 Å². The van der Waals surface area contributed by atoms with E-state index in [0.29, 0.717) is 6.54 Å². The van der Waals surface area contributed by atoms with Crippen LogP contribution in [0.25, 0.3) is 0 Å². The van der Waals surface area contributed by atoms with Crippen LogP contribution in [0, 0.1) is 6.92 Å². The van der Waals surface area contributed by atoms with Crippen molar-refractivity contribution in [3.05, 3.63) is 48.0 Å². The van der Waals surface area contributed by atoms with E-state index in [-0.39, 0.29) is 0 Å². The molecule has 1 unspecified atom stereocenters. The number of rotatable bonds is 7. The fourth-order valence-electron chi connectivity index (χ4n) is 1.79. The van der Waals surface area contributed by atoms with Crippen LogP contribution in [0.1, 0.15) is 30.1 Å². The molecule has 0 fully saturated rings. The maximum atomic E-state index is 10.1. The zero-order valence-electron chi connectivity index (χ0n) is 10.9. The van der Waals surface area contributed by atoms with E-state index in [1.807, 2.05) is 37.4 Å². The third-order valence-corrected chi connectivity index (χ3v) is 2.89. The van der Waals surface area contributed by atoms with Crippen molar-refractivity contribution >= 4 is 0 Å². The van der Waals surface area contributed by atoms with Crippen LogP contribution in [0.2, 0.25) is 0 Å². The molecule has 0 aliphatic rings. The van der Waals surface area contributed by atoms with Crippen LogP contribution in [0.3, 0.4) is 0 Å². The summed E-state index contributed by atoms with van der Waals surface area (Å²) in [6.07, 6.45) is 3.67. The van der Waals surface area contributed by atoms with Gasteiger partial charge < -0.3 is 10.0 Å². The third-order valence-electron chi connectivity index (χ3n) is 2.89. The van der Waals surface area contributed by atoms with Gasteiger partial charge in [0, 0.05) is 6.54 Å². The average Bonchev–Trinajstić information content (AvgIpc) is 2.30. The predicted molar refractivity (Wildman–Crippen MR) is 73.1 cm³/mol. The van der Waals surface area contributed by atoms with E-state index in [2.05, 4.69) is 18.4 Å². The number of allylic oxidation sites excluding steroid dienone is 1. The third kappa shape index (κ3) is 5.16. The van der Waals surface area contributed by atoms with Crippen molar-refractivity contribution < 1.29 is 5.11 Å². The molecule has 1 N–H and O–H groups in total. The Labute approximate surface area is 105 Å². The van der Waals surface area contributed by atoms with E-state index < -0.39 is 6.10 Å². The highest BCUT2D eigenvalue weighted by molar-refractivity contribution is 5.23. The smallest absolute Gasteiger partial charge is 0.0916 e. The Morgan fingerprint density at radius 3 is 2.59 bits per heavy atom. The molecule has 94 valence electrons. The van der Waals surface area contributed by atoms with Crippen LogP contribution in [0.15, 0.2) is 36.9 Å². The molecule has 1 aromatic rings. The number of hydrogen-bond acceptors (Lipinski definition) is 2. The quantitative estimate of drug-likeness (QED) is 0.578. The Kier molecular flexibility index (Phi) is 5.95. The van der Waals surface area contributed by atoms with Crippen LogP contribution < -0.4 is 0 Å². The monoisotopic (exact) mass is 233 g/mol. The lowest BCUT2D eigenvalue weighted by molar-refractivity contribution is 0.126. The van der Waals surface area contributed by atoms with Gasteiger partial charge in [-0.25, -0.2) is 0 Å². The molecule has 1 rings (SSSR count). The second kappa shape index (κ2) is 7.25. The largest absolute Gasteiger partial charge is 0.387 e. The van der Waals surface area contributed by atoms with Crippen LogP contribution in [0.4, 0.5) is 0 Å². The topological polar surface area (TPSA) is 23.5 Å². The summed E-state index contributed by atoms with van der Waals surface area (Å²) in [6.45, 7) is 7.44. The molecule has 0 saturated heterocycles. The first-order chi connectivity index (χ1) is 8.13. The van der Waals surface area contributed by atoms with Gasteiger partial charge in [-0.1, -0.05) is 35.9 Å². The summed E-state index contributed by atoms with van der Waals surface area (Å²) in [6, 6.07) is 8.07. The zero-order chi connectivity index (χ0) is 12.7. The van der Waals surface area contributed by atoms with E-state index in [0.717, 1.165) is 24.9 Å². The molecule has 2 nitrogen and oxygen atoms in total. The zero-order valence-corrected chi connectivity index (χ0v) is 10.9. The SMILES string of the molecule is C=CCCCN(C)CC(O)c1ccc(C)cc1. The van der Waals surface area contributed by atoms with Crippen molar-refractivity contribution in [1.82, 2.24) is 4.90 Å². The number of likely N-dealkylation sites (N-methyl/N-ethyl adjacent to an activating group) is 1. The molecule has 0 spiro atoms. The number of nitrogens with zero attached hydrogens (tertiary/aromatic N) is 1. The Hall–Kier alpha value is -1.12. The minimum Gasteiger partial charge on any atom is -0.387 e. The highest BCUT2D eigenvalue weighted by atomic mass is 16.3. The van der Waals surface area contributed by atoms with Gasteiger partial charge in [-0.15, -0.1) is 6.58 Å². The summed E-state index contributed by atoms with van der Waals surface area (Å²) < 4.78 is 0. The summed E-state index contributed by atoms with van der Waals surface area (Å²) in [5, 5.41) is 10.1. The van der Waals surface area contributed by atoms with Crippen molar-refractivity contribution in [2.24, 2.45) is 0 Å². The molecule has 2 heteroatoms. The van der Waals surface area contributed by atoms with Crippen molar-refractivity contribution in [3.63, 3.8) is 0 Å². The summed E-state index contributed by atoms with van der Waals surface area (Å²) in [7, 11) is 2.04. The van der Waals surface area contributed by atoms with Gasteiger partial charge in [0.2, 0.25) is 0 Å². The van der Waals surface area contributed by atoms with E-state index in [1.165, 1.54) is 5.56 Å². The maximum absolute atomic E-state index is 10.1. The number of aliphatic hydroxyl groups excluding tert-OH is 1. The minimum atomic E-state index is -0.399. The predicted octanol–water partition coefficient (Wildman–Crippen LogP) is 2.93. The van der Waals surface area contributed by atoms with Crippen molar-refractivity contribution in [1.29, 1.82) is 0 Å². The van der Waals surface area contributed by atoms with Crippen LogP contribution >= 0.6 is 0 Å². The second-order valence-electron chi connectivity index (χ2n) is 4.62. The Morgan fingerprint density at radius 2 is 2.00 bits per heavy atom. The Bertz CT molecular complexity index is 331. The van der Waals surface area contributed by atoms with Gasteiger partial charge in [-0.3, -0.25) is 0 Å². The first kappa shape index (κ1) is 13.9. The lowest BCUT2D eigenvalue weighted by Crippen LogP contribution is -2.25. The van der Waals surface area contributed by atoms with Gasteiger partial charge in [0.1, 0.15) is 0 Å². The van der Waals surface area contributed by atoms with Crippen LogP contribution in [-0.4, -0.2) is 30.1 Å². The Balaban J connectivity index is 2.40. The van der Waals surface area contributed by atoms with E-state index in [9.17, 15) is 5.11 Å². The van der Waals surface area contributed by atoms with Gasteiger partial charge in [0.15, 0.2) is 0 Å². The second-order valence-corrected chi connectivity index (χ2v) is 4.62. The number of aliphatic hydroxyl groups is 1. The summed E-state index contributed by atoms with van der Waals surface area (Å²) in [5.74, 6) is 0. The summed E-state index contributed by atoms with van der Waals surface area (Å²) in [5.41, 5.74) is 2.21. The molecule has 17 heavy (non-hydrogen) atoms. The van der Waals surface area contributed by atoms with Crippen LogP contribution in [-0.2, 0) is 0 Å². The summed E-state index contributed by atoms with van der Waals surface area (Å²) >= 11 is 0. The number of hydrogen-bond donors (Lipinski definition) is 1. The molecule has 0 radical (unpaired) electrons. The normalized spacial score (nSPS) is 12.7. The lowest BCUT2D eigenvalue weighted by atomic mass is 10.1. The minimum absolute atomic E-state index is 0.399. The molecule has 1 aromatic carbocycles. The molecule has 0 saturated carbocycles. The van der Waals surface area contributed by atoms with Gasteiger partial charge in [-0.05, 0) is 38.9 Å². The molecule has 0 aliphatic heterocycles. The van der Waals surface area contributed by atoms with Gasteiger partial charge in [0.25, 0.3) is 0 Å². The highest BCUT2D eigenvalue weighted by Gasteiger charge is 2.09. The molecular formula is C15H23NO. The van der Waals surface area contributed by atoms with E-state index in [1.54, 1.807) is 0 Å². The maximum Gasteiger partial charge on any atom is 0.0916 e. The Morgan fingerprint density at radius 1 is 1.35 bits per heavy atom. The number of benzene rings is 1. The van der Waals surface area contributed by atoms with Crippen molar-refractivity contribution in [2.75, 3.05) is 20.1 Å². The van der Waals surface area contributed by atoms with Gasteiger partial charge in [0.05, 0.1) is 6.10 Å². The molecule has 0 bridgehead atoms. The standard InChI is InChI=1S/C15H23NO/c1-4-5-6-11-16(3)12-15(17)14-9-7-13(2)8-10-14/h4,7-10,15,17H,1,5-6,11-12H2,2-3H3. The fourth-order valence-corrected chi connectivity index (χ4v) is 1.79. The molecule has 1 atom stereocenters. The van der Waals surface area contributed by atoms with Gasteiger partial charge >= 0.3 is 0 Å². The fraction of sp³-hybridized carbons (Fsp3) is 0.467. The van der Waals surface area contributed by atoms with Gasteiger partial charge in [-0.2, -0.15) is 0 Å².